The van der Waals surface area contributed by atoms with Crippen LogP contribution in [0.2, 0.25) is 0 Å². The summed E-state index contributed by atoms with van der Waals surface area (Å²) in [6.45, 7) is 10.1. The third kappa shape index (κ3) is 2.70. The molecule has 5 nitrogen and oxygen atoms in total. The zero-order valence-electron chi connectivity index (χ0n) is 14.7. The molecule has 0 unspecified atom stereocenters. The van der Waals surface area contributed by atoms with Gasteiger partial charge in [-0.2, -0.15) is 0 Å². The maximum Gasteiger partial charge on any atom is 0.410 e. The Balaban J connectivity index is 1.61. The average Bonchev–Trinajstić information content (AvgIpc) is 2.83. The normalized spacial score (nSPS) is 25.5. The van der Waals surface area contributed by atoms with Gasteiger partial charge in [0.05, 0.1) is 12.3 Å². The van der Waals surface area contributed by atoms with Crippen LogP contribution in [0.4, 0.5) is 10.5 Å². The molecule has 1 amide bonds. The monoisotopic (exact) mass is 330 g/mol. The number of carbonyl (C=O) groups excluding carboxylic acids is 1. The quantitative estimate of drug-likeness (QED) is 0.732. The number of hydrogen-bond acceptors (Lipinski definition) is 4. The van der Waals surface area contributed by atoms with Crippen molar-refractivity contribution in [1.82, 2.24) is 4.90 Å². The first-order chi connectivity index (χ1) is 11.4. The van der Waals surface area contributed by atoms with Gasteiger partial charge in [0.1, 0.15) is 11.4 Å². The number of likely N-dealkylation sites (tertiary alicyclic amines) is 1. The Hall–Kier alpha value is -1.91. The number of fused-ring (bicyclic) bond motifs is 2. The zero-order chi connectivity index (χ0) is 16.9. The molecule has 3 aliphatic rings. The number of carbonyl (C=O) groups is 1. The summed E-state index contributed by atoms with van der Waals surface area (Å²) >= 11 is 0. The highest BCUT2D eigenvalue weighted by molar-refractivity contribution is 5.71. The van der Waals surface area contributed by atoms with Crippen molar-refractivity contribution in [2.45, 2.75) is 38.7 Å². The summed E-state index contributed by atoms with van der Waals surface area (Å²) < 4.78 is 11.5. The number of ether oxygens (including phenoxy) is 2. The molecule has 0 bridgehead atoms. The fourth-order valence-electron chi connectivity index (χ4n) is 4.19. The standard InChI is InChI=1S/C19H26N2O3/c1-19(2,3)24-18(22)21-11-13-10-20-8-5-9-23-16-7-4-6-14(17(16)20)15(13)12-21/h4,6-7,13,15H,5,8-12H2,1-3H3/t13-,15+/m1/s1. The van der Waals surface area contributed by atoms with E-state index in [1.54, 1.807) is 0 Å². The van der Waals surface area contributed by atoms with E-state index in [0.29, 0.717) is 11.8 Å². The van der Waals surface area contributed by atoms with Crippen molar-refractivity contribution in [2.24, 2.45) is 5.92 Å². The lowest BCUT2D eigenvalue weighted by molar-refractivity contribution is 0.0287. The second-order valence-electron chi connectivity index (χ2n) is 8.09. The largest absolute Gasteiger partial charge is 0.491 e. The smallest absolute Gasteiger partial charge is 0.410 e. The average molecular weight is 330 g/mol. The number of rotatable bonds is 0. The van der Waals surface area contributed by atoms with E-state index in [2.05, 4.69) is 23.1 Å². The Bertz CT molecular complexity index is 653. The Morgan fingerprint density at radius 2 is 2.08 bits per heavy atom. The molecule has 0 aliphatic carbocycles. The van der Waals surface area contributed by atoms with Crippen molar-refractivity contribution in [3.63, 3.8) is 0 Å². The number of hydrogen-bond donors (Lipinski definition) is 0. The molecule has 0 aromatic heterocycles. The molecular weight excluding hydrogens is 304 g/mol. The molecule has 0 saturated carbocycles. The summed E-state index contributed by atoms with van der Waals surface area (Å²) in [6.07, 6.45) is 0.853. The fraction of sp³-hybridized carbons (Fsp3) is 0.632. The highest BCUT2D eigenvalue weighted by Crippen LogP contribution is 2.47. The van der Waals surface area contributed by atoms with Gasteiger partial charge in [-0.15, -0.1) is 0 Å². The minimum atomic E-state index is -0.448. The SMILES string of the molecule is CC(C)(C)OC(=O)N1C[C@H]2CN3CCCOc4cccc(c43)[C@H]2C1. The summed E-state index contributed by atoms with van der Waals surface area (Å²) in [5, 5.41) is 0. The van der Waals surface area contributed by atoms with E-state index >= 15 is 0 Å². The van der Waals surface area contributed by atoms with Crippen LogP contribution in [0.1, 0.15) is 38.7 Å². The molecule has 5 heteroatoms. The van der Waals surface area contributed by atoms with Gasteiger partial charge in [-0.1, -0.05) is 12.1 Å². The Kier molecular flexibility index (Phi) is 3.62. The van der Waals surface area contributed by atoms with E-state index < -0.39 is 5.60 Å². The number of amides is 1. The predicted octanol–water partition coefficient (Wildman–Crippen LogP) is 3.24. The van der Waals surface area contributed by atoms with Gasteiger partial charge in [0, 0.05) is 38.0 Å². The fourth-order valence-corrected chi connectivity index (χ4v) is 4.19. The maximum atomic E-state index is 12.5. The molecule has 24 heavy (non-hydrogen) atoms. The first-order valence-electron chi connectivity index (χ1n) is 8.91. The summed E-state index contributed by atoms with van der Waals surface area (Å²) in [4.78, 5) is 16.8. The van der Waals surface area contributed by atoms with Crippen molar-refractivity contribution >= 4 is 11.8 Å². The van der Waals surface area contributed by atoms with Gasteiger partial charge in [-0.05, 0) is 38.8 Å². The van der Waals surface area contributed by atoms with Crippen LogP contribution in [0, 0.1) is 5.92 Å². The van der Waals surface area contributed by atoms with Crippen LogP contribution >= 0.6 is 0 Å². The lowest BCUT2D eigenvalue weighted by atomic mass is 9.83. The third-order valence-corrected chi connectivity index (χ3v) is 5.12. The molecule has 4 rings (SSSR count). The van der Waals surface area contributed by atoms with Gasteiger partial charge in [0.15, 0.2) is 0 Å². The van der Waals surface area contributed by atoms with Gasteiger partial charge in [-0.3, -0.25) is 0 Å². The van der Waals surface area contributed by atoms with E-state index in [0.717, 1.165) is 45.0 Å². The van der Waals surface area contributed by atoms with Crippen LogP contribution in [0.3, 0.4) is 0 Å². The number of nitrogens with zero attached hydrogens (tertiary/aromatic N) is 2. The molecule has 0 spiro atoms. The predicted molar refractivity (Wildman–Crippen MR) is 92.8 cm³/mol. The van der Waals surface area contributed by atoms with E-state index in [-0.39, 0.29) is 6.09 Å². The van der Waals surface area contributed by atoms with Crippen LogP contribution in [0.25, 0.3) is 0 Å². The molecule has 130 valence electrons. The first kappa shape index (κ1) is 15.6. The highest BCUT2D eigenvalue weighted by Gasteiger charge is 2.43. The second-order valence-corrected chi connectivity index (χ2v) is 8.09. The van der Waals surface area contributed by atoms with Gasteiger partial charge in [-0.25, -0.2) is 4.79 Å². The second kappa shape index (κ2) is 5.57. The van der Waals surface area contributed by atoms with Crippen molar-refractivity contribution in [3.05, 3.63) is 23.8 Å². The van der Waals surface area contributed by atoms with Crippen LogP contribution in [-0.2, 0) is 4.74 Å². The Labute approximate surface area is 143 Å². The van der Waals surface area contributed by atoms with Crippen molar-refractivity contribution in [1.29, 1.82) is 0 Å². The van der Waals surface area contributed by atoms with E-state index in [1.807, 2.05) is 25.7 Å². The molecular formula is C19H26N2O3. The summed E-state index contributed by atoms with van der Waals surface area (Å²) in [5.74, 6) is 1.85. The van der Waals surface area contributed by atoms with Crippen LogP contribution in [-0.4, -0.2) is 49.4 Å². The highest BCUT2D eigenvalue weighted by atomic mass is 16.6. The minimum Gasteiger partial charge on any atom is -0.491 e. The summed E-state index contributed by atoms with van der Waals surface area (Å²) in [6, 6.07) is 6.35. The zero-order valence-corrected chi connectivity index (χ0v) is 14.7. The van der Waals surface area contributed by atoms with E-state index in [9.17, 15) is 4.79 Å². The van der Waals surface area contributed by atoms with Gasteiger partial charge in [0.2, 0.25) is 0 Å². The Morgan fingerprint density at radius 3 is 2.88 bits per heavy atom. The minimum absolute atomic E-state index is 0.190. The molecule has 1 saturated heterocycles. The van der Waals surface area contributed by atoms with Crippen LogP contribution < -0.4 is 9.64 Å². The molecule has 0 radical (unpaired) electrons. The third-order valence-electron chi connectivity index (χ3n) is 5.12. The summed E-state index contributed by atoms with van der Waals surface area (Å²) in [5.41, 5.74) is 2.13. The number of anilines is 1. The molecule has 1 fully saturated rings. The molecule has 3 aliphatic heterocycles. The van der Waals surface area contributed by atoms with Crippen molar-refractivity contribution in [3.8, 4) is 5.75 Å². The van der Waals surface area contributed by atoms with Crippen LogP contribution in [0.15, 0.2) is 18.2 Å². The first-order valence-corrected chi connectivity index (χ1v) is 8.91. The molecule has 2 atom stereocenters. The molecule has 0 N–H and O–H groups in total. The van der Waals surface area contributed by atoms with Crippen molar-refractivity contribution < 1.29 is 14.3 Å². The van der Waals surface area contributed by atoms with Crippen molar-refractivity contribution in [2.75, 3.05) is 37.7 Å². The molecule has 1 aromatic carbocycles. The molecule has 1 aromatic rings. The van der Waals surface area contributed by atoms with Gasteiger partial charge >= 0.3 is 6.09 Å². The lowest BCUT2D eigenvalue weighted by Crippen LogP contribution is -2.38. The Morgan fingerprint density at radius 1 is 1.25 bits per heavy atom. The lowest BCUT2D eigenvalue weighted by Gasteiger charge is -2.37. The number of para-hydroxylation sites is 1. The summed E-state index contributed by atoms with van der Waals surface area (Å²) in [7, 11) is 0. The topological polar surface area (TPSA) is 42.0 Å². The molecule has 3 heterocycles. The van der Waals surface area contributed by atoms with Gasteiger partial charge < -0.3 is 19.3 Å². The van der Waals surface area contributed by atoms with Gasteiger partial charge in [0.25, 0.3) is 0 Å². The van der Waals surface area contributed by atoms with Crippen LogP contribution in [0.5, 0.6) is 5.75 Å². The van der Waals surface area contributed by atoms with E-state index in [4.69, 9.17) is 9.47 Å². The van der Waals surface area contributed by atoms with E-state index in [1.165, 1.54) is 11.3 Å². The maximum absolute atomic E-state index is 12.5. The number of benzene rings is 1.